The molecule has 0 amide bonds. The van der Waals surface area contributed by atoms with Gasteiger partial charge in [0.25, 0.3) is 0 Å². The Kier molecular flexibility index (Phi) is 50.0. The molecule has 18 heteroatoms. The molecule has 0 saturated carbocycles. The fourth-order valence-corrected chi connectivity index (χ4v) is 0. The fourth-order valence-electron chi connectivity index (χ4n) is 0. The van der Waals surface area contributed by atoms with Crippen LogP contribution in [0.2, 0.25) is 0 Å². The van der Waals surface area contributed by atoms with Crippen LogP contribution in [0.3, 0.4) is 0 Å². The molecule has 0 aliphatic rings. The standard InChI is InChI=1S/2H3N.2Na.2H3O4P.H2O3Si.2H/c;;;;2*1-5(2,3)4;1-4(2)3;;/h2*1H3;;;2*(H3,1,2,3,4);1-2H;;. The van der Waals surface area contributed by atoms with Gasteiger partial charge >= 0.3 is 83.9 Å². The average Bonchev–Trinajstić information content (AvgIpc) is 1.45. The first-order chi connectivity index (χ1) is 5.73. The molecule has 0 unspecified atom stereocenters. The van der Waals surface area contributed by atoms with E-state index in [-0.39, 0.29) is 71.4 Å². The second-order valence-electron chi connectivity index (χ2n) is 1.31. The van der Waals surface area contributed by atoms with E-state index in [4.69, 9.17) is 52.5 Å². The van der Waals surface area contributed by atoms with Crippen LogP contribution in [0, 0.1) is 0 Å². The van der Waals surface area contributed by atoms with Crippen molar-refractivity contribution >= 4 is 83.9 Å². The summed E-state index contributed by atoms with van der Waals surface area (Å²) in [6.45, 7) is 0. The fraction of sp³-hybridized carbons (Fsp3) is 0. The van der Waals surface area contributed by atoms with E-state index in [2.05, 4.69) is 0 Å². The summed E-state index contributed by atoms with van der Waals surface area (Å²) in [5.41, 5.74) is 0. The van der Waals surface area contributed by atoms with Crippen molar-refractivity contribution in [2.75, 3.05) is 0 Å². The summed E-state index contributed by atoms with van der Waals surface area (Å²) in [4.78, 5) is 57.4. The molecule has 0 heterocycles. The maximum absolute atomic E-state index is 8.88. The van der Waals surface area contributed by atoms with Crippen molar-refractivity contribution in [3.8, 4) is 0 Å². The molecule has 0 atom stereocenters. The van der Waals surface area contributed by atoms with E-state index in [0.717, 1.165) is 0 Å². The van der Waals surface area contributed by atoms with Crippen LogP contribution in [-0.2, 0) is 13.6 Å². The van der Waals surface area contributed by atoms with Crippen molar-refractivity contribution in [1.82, 2.24) is 12.3 Å². The Morgan fingerprint density at radius 1 is 0.667 bits per heavy atom. The first-order valence-electron chi connectivity index (χ1n) is 2.22. The third-order valence-corrected chi connectivity index (χ3v) is 0. The van der Waals surface area contributed by atoms with Crippen LogP contribution >= 0.6 is 15.6 Å². The van der Waals surface area contributed by atoms with Crippen molar-refractivity contribution < 1.29 is 52.5 Å². The summed E-state index contributed by atoms with van der Waals surface area (Å²) in [7, 11) is -12.4. The molecule has 0 aromatic carbocycles. The monoisotopic (exact) mass is 356 g/mol. The Balaban J connectivity index is -0.0000000183. The van der Waals surface area contributed by atoms with Crippen LogP contribution in [0.4, 0.5) is 0 Å². The predicted octanol–water partition coefficient (Wildman–Crippen LogP) is -4.44. The third-order valence-electron chi connectivity index (χ3n) is 0. The molecule has 13 nitrogen and oxygen atoms in total. The predicted molar refractivity (Wildman–Crippen MR) is 63.7 cm³/mol. The molecule has 0 rings (SSSR count). The SMILES string of the molecule is N.N.O=P(O)(O)O.O=P(O)(O)O.O=[Si](O)O.[NaH].[NaH]. The second kappa shape index (κ2) is 21.1. The zero-order valence-electron chi connectivity index (χ0n) is 7.61. The van der Waals surface area contributed by atoms with Gasteiger partial charge in [-0.1, -0.05) is 0 Å². The molecule has 0 aromatic heterocycles. The number of rotatable bonds is 0. The van der Waals surface area contributed by atoms with E-state index in [0.29, 0.717) is 0 Å². The Hall–Kier alpha value is 1.76. The molecular weight excluding hydrogens is 340 g/mol. The molecule has 0 radical (unpaired) electrons. The topological polar surface area (TPSA) is 283 Å². The average molecular weight is 356 g/mol. The van der Waals surface area contributed by atoms with E-state index in [1.807, 2.05) is 0 Å². The van der Waals surface area contributed by atoms with Gasteiger partial charge in [-0.3, -0.25) is 4.46 Å². The molecule has 0 saturated heterocycles. The third kappa shape index (κ3) is 1620. The molecule has 0 spiro atoms. The van der Waals surface area contributed by atoms with Crippen LogP contribution in [0.25, 0.3) is 0 Å². The van der Waals surface area contributed by atoms with E-state index in [1.54, 1.807) is 0 Å². The molecule has 108 valence electrons. The summed E-state index contributed by atoms with van der Waals surface area (Å²) >= 11 is 0. The number of hydrogen-bond acceptors (Lipinski definition) is 5. The van der Waals surface area contributed by atoms with Crippen LogP contribution in [0.1, 0.15) is 0 Å². The van der Waals surface area contributed by atoms with Crippen molar-refractivity contribution in [3.05, 3.63) is 0 Å². The van der Waals surface area contributed by atoms with Gasteiger partial charge in [0.2, 0.25) is 0 Å². The van der Waals surface area contributed by atoms with E-state index < -0.39 is 24.8 Å². The Morgan fingerprint density at radius 2 is 0.667 bits per heavy atom. The van der Waals surface area contributed by atoms with Crippen molar-refractivity contribution in [3.63, 3.8) is 0 Å². The summed E-state index contributed by atoms with van der Waals surface area (Å²) in [6.07, 6.45) is 0. The molecule has 0 aliphatic carbocycles. The number of phosphoric acid groups is 2. The quantitative estimate of drug-likeness (QED) is 0.145. The van der Waals surface area contributed by atoms with E-state index in [9.17, 15) is 0 Å². The van der Waals surface area contributed by atoms with Gasteiger partial charge in [0.15, 0.2) is 0 Å². The summed E-state index contributed by atoms with van der Waals surface area (Å²) < 4.78 is 26.5. The van der Waals surface area contributed by atoms with Crippen LogP contribution < -0.4 is 12.3 Å². The molecular formula is H16N2Na2O11P2Si. The van der Waals surface area contributed by atoms with Crippen LogP contribution in [-0.4, -0.2) is 107 Å². The molecule has 0 aromatic rings. The Labute approximate surface area is 147 Å². The molecule has 0 fully saturated rings. The number of hydrogen-bond donors (Lipinski definition) is 10. The van der Waals surface area contributed by atoms with Crippen molar-refractivity contribution in [2.45, 2.75) is 0 Å². The first kappa shape index (κ1) is 42.7. The van der Waals surface area contributed by atoms with Crippen molar-refractivity contribution in [1.29, 1.82) is 0 Å². The van der Waals surface area contributed by atoms with Gasteiger partial charge in [-0.2, -0.15) is 0 Å². The minimum atomic E-state index is -4.64. The van der Waals surface area contributed by atoms with Gasteiger partial charge in [0.05, 0.1) is 0 Å². The van der Waals surface area contributed by atoms with Gasteiger partial charge < -0.3 is 51.3 Å². The minimum absolute atomic E-state index is 0. The molecule has 18 heavy (non-hydrogen) atoms. The van der Waals surface area contributed by atoms with Gasteiger partial charge in [-0.25, -0.2) is 9.13 Å². The summed E-state index contributed by atoms with van der Waals surface area (Å²) in [5, 5.41) is 0. The summed E-state index contributed by atoms with van der Waals surface area (Å²) in [5.74, 6) is 0. The Morgan fingerprint density at radius 3 is 0.667 bits per heavy atom. The second-order valence-corrected chi connectivity index (χ2v) is 3.93. The normalized spacial score (nSPS) is 7.89. The zero-order valence-corrected chi connectivity index (χ0v) is 10.4. The zero-order chi connectivity index (χ0) is 12.6. The van der Waals surface area contributed by atoms with Crippen LogP contribution in [0.15, 0.2) is 0 Å². The molecule has 14 N–H and O–H groups in total. The Bertz CT molecular complexity index is 207. The van der Waals surface area contributed by atoms with Crippen LogP contribution in [0.5, 0.6) is 0 Å². The molecule has 0 bridgehead atoms. The summed E-state index contributed by atoms with van der Waals surface area (Å²) in [6, 6.07) is 0. The first-order valence-corrected chi connectivity index (χ1v) is 6.65. The van der Waals surface area contributed by atoms with E-state index >= 15 is 0 Å². The van der Waals surface area contributed by atoms with Gasteiger partial charge in [-0.15, -0.1) is 0 Å². The van der Waals surface area contributed by atoms with Crippen molar-refractivity contribution in [2.24, 2.45) is 0 Å². The van der Waals surface area contributed by atoms with Gasteiger partial charge in [0, 0.05) is 0 Å². The van der Waals surface area contributed by atoms with Gasteiger partial charge in [0.1, 0.15) is 0 Å². The molecule has 0 aliphatic heterocycles. The van der Waals surface area contributed by atoms with E-state index in [1.165, 1.54) is 0 Å². The maximum atomic E-state index is 8.88. The van der Waals surface area contributed by atoms with Gasteiger partial charge in [-0.05, 0) is 0 Å².